The fourth-order valence-electron chi connectivity index (χ4n) is 1.14. The van der Waals surface area contributed by atoms with Gasteiger partial charge in [0.2, 0.25) is 0 Å². The van der Waals surface area contributed by atoms with Crippen LogP contribution in [0, 0.1) is 5.92 Å². The molecule has 17 heavy (non-hydrogen) atoms. The molecule has 1 rings (SSSR count). The Morgan fingerprint density at radius 3 is 2.71 bits per heavy atom. The number of carboxylic acids is 1. The second-order valence-corrected chi connectivity index (χ2v) is 4.43. The van der Waals surface area contributed by atoms with E-state index < -0.39 is 12.1 Å². The number of nitrogens with zero attached hydrogens (tertiary/aromatic N) is 1. The molecule has 0 fully saturated rings. The number of carbonyl (C=O) groups is 1. The van der Waals surface area contributed by atoms with E-state index in [0.29, 0.717) is 12.4 Å². The van der Waals surface area contributed by atoms with Gasteiger partial charge in [-0.05, 0) is 18.1 Å². The Kier molecular flexibility index (Phi) is 4.72. The highest BCUT2D eigenvalue weighted by Crippen LogP contribution is 2.16. The van der Waals surface area contributed by atoms with Crippen LogP contribution in [0.25, 0.3) is 0 Å². The highest BCUT2D eigenvalue weighted by atomic mass is 35.5. The lowest BCUT2D eigenvalue weighted by atomic mass is 10.1. The van der Waals surface area contributed by atoms with E-state index in [1.165, 1.54) is 6.07 Å². The van der Waals surface area contributed by atoms with Gasteiger partial charge in [0.25, 0.3) is 0 Å². The quantitative estimate of drug-likeness (QED) is 0.751. The van der Waals surface area contributed by atoms with Crippen molar-refractivity contribution in [3.63, 3.8) is 0 Å². The van der Waals surface area contributed by atoms with Crippen molar-refractivity contribution in [3.8, 4) is 0 Å². The van der Waals surface area contributed by atoms with Crippen LogP contribution in [-0.4, -0.2) is 33.8 Å². The first-order valence-corrected chi connectivity index (χ1v) is 5.61. The van der Waals surface area contributed by atoms with E-state index in [1.54, 1.807) is 6.07 Å². The predicted molar refractivity (Wildman–Crippen MR) is 65.5 cm³/mol. The Morgan fingerprint density at radius 1 is 1.53 bits per heavy atom. The van der Waals surface area contributed by atoms with Crippen molar-refractivity contribution in [2.24, 2.45) is 5.92 Å². The van der Waals surface area contributed by atoms with Crippen LogP contribution in [0.3, 0.4) is 0 Å². The number of aliphatic hydroxyl groups excluding tert-OH is 1. The van der Waals surface area contributed by atoms with Crippen molar-refractivity contribution in [1.29, 1.82) is 0 Å². The van der Waals surface area contributed by atoms with Gasteiger partial charge < -0.3 is 15.5 Å². The topological polar surface area (TPSA) is 82.5 Å². The molecular formula is C11H15ClN2O3. The van der Waals surface area contributed by atoms with Crippen molar-refractivity contribution in [1.82, 2.24) is 4.98 Å². The van der Waals surface area contributed by atoms with Gasteiger partial charge in [-0.15, -0.1) is 0 Å². The fourth-order valence-corrected chi connectivity index (χ4v) is 1.32. The van der Waals surface area contributed by atoms with E-state index in [2.05, 4.69) is 10.3 Å². The van der Waals surface area contributed by atoms with Gasteiger partial charge >= 0.3 is 5.97 Å². The standard InChI is InChI=1S/C11H15ClN2O3/c1-6(2)8(15)5-13-9-4-3-7(12)10(14-9)11(16)17/h3-4,6,8,15H,5H2,1-2H3,(H,13,14)(H,16,17). The van der Waals surface area contributed by atoms with E-state index in [0.717, 1.165) is 0 Å². The number of nitrogens with one attached hydrogen (secondary N) is 1. The molecule has 1 aromatic rings. The molecule has 0 saturated carbocycles. The van der Waals surface area contributed by atoms with E-state index in [-0.39, 0.29) is 16.6 Å². The van der Waals surface area contributed by atoms with Crippen molar-refractivity contribution in [2.45, 2.75) is 20.0 Å². The van der Waals surface area contributed by atoms with Gasteiger partial charge in [-0.2, -0.15) is 0 Å². The second-order valence-electron chi connectivity index (χ2n) is 4.02. The number of carboxylic acid groups (broad SMARTS) is 1. The fraction of sp³-hybridized carbons (Fsp3) is 0.455. The molecule has 0 aliphatic rings. The summed E-state index contributed by atoms with van der Waals surface area (Å²) in [6.45, 7) is 4.10. The molecule has 0 saturated heterocycles. The maximum atomic E-state index is 10.8. The molecule has 0 bridgehead atoms. The number of rotatable bonds is 5. The summed E-state index contributed by atoms with van der Waals surface area (Å²) < 4.78 is 0. The Hall–Kier alpha value is -1.33. The molecule has 94 valence electrons. The Balaban J connectivity index is 2.73. The Labute approximate surface area is 104 Å². The Bertz CT molecular complexity index is 410. The second kappa shape index (κ2) is 5.84. The average Bonchev–Trinajstić information content (AvgIpc) is 2.26. The summed E-state index contributed by atoms with van der Waals surface area (Å²) in [6, 6.07) is 3.03. The van der Waals surface area contributed by atoms with Crippen LogP contribution in [-0.2, 0) is 0 Å². The lowest BCUT2D eigenvalue weighted by molar-refractivity contribution is 0.0691. The molecule has 0 aliphatic heterocycles. The average molecular weight is 259 g/mol. The summed E-state index contributed by atoms with van der Waals surface area (Å²) in [5.74, 6) is -0.677. The number of hydrogen-bond acceptors (Lipinski definition) is 4. The van der Waals surface area contributed by atoms with Crippen molar-refractivity contribution < 1.29 is 15.0 Å². The predicted octanol–water partition coefficient (Wildman–Crippen LogP) is 1.86. The number of anilines is 1. The molecule has 1 unspecified atom stereocenters. The summed E-state index contributed by atoms with van der Waals surface area (Å²) >= 11 is 5.68. The SMILES string of the molecule is CC(C)C(O)CNc1ccc(Cl)c(C(=O)O)n1. The van der Waals surface area contributed by atoms with E-state index in [9.17, 15) is 9.90 Å². The highest BCUT2D eigenvalue weighted by Gasteiger charge is 2.13. The summed E-state index contributed by atoms with van der Waals surface area (Å²) in [5.41, 5.74) is -0.198. The molecule has 0 aliphatic carbocycles. The minimum atomic E-state index is -1.18. The lowest BCUT2D eigenvalue weighted by Crippen LogP contribution is -2.25. The molecular weight excluding hydrogens is 244 g/mol. The van der Waals surface area contributed by atoms with Crippen LogP contribution >= 0.6 is 11.6 Å². The van der Waals surface area contributed by atoms with Crippen molar-refractivity contribution >= 4 is 23.4 Å². The molecule has 6 heteroatoms. The highest BCUT2D eigenvalue weighted by molar-refractivity contribution is 6.33. The normalized spacial score (nSPS) is 12.5. The van der Waals surface area contributed by atoms with Crippen LogP contribution in [0.15, 0.2) is 12.1 Å². The molecule has 0 radical (unpaired) electrons. The molecule has 1 atom stereocenters. The maximum Gasteiger partial charge on any atom is 0.356 e. The van der Waals surface area contributed by atoms with Crippen molar-refractivity contribution in [3.05, 3.63) is 22.8 Å². The van der Waals surface area contributed by atoms with Crippen molar-refractivity contribution in [2.75, 3.05) is 11.9 Å². The molecule has 1 aromatic heterocycles. The first kappa shape index (κ1) is 13.7. The van der Waals surface area contributed by atoms with Gasteiger partial charge in [0.1, 0.15) is 5.82 Å². The number of aliphatic hydroxyl groups is 1. The van der Waals surface area contributed by atoms with Crippen LogP contribution in [0.1, 0.15) is 24.3 Å². The van der Waals surface area contributed by atoms with Gasteiger partial charge in [-0.1, -0.05) is 25.4 Å². The van der Waals surface area contributed by atoms with E-state index >= 15 is 0 Å². The monoisotopic (exact) mass is 258 g/mol. The number of aromatic nitrogens is 1. The molecule has 5 nitrogen and oxygen atoms in total. The molecule has 1 heterocycles. The molecule has 0 spiro atoms. The first-order chi connectivity index (χ1) is 7.91. The van der Waals surface area contributed by atoms with Crippen LogP contribution in [0.5, 0.6) is 0 Å². The number of hydrogen-bond donors (Lipinski definition) is 3. The zero-order valence-corrected chi connectivity index (χ0v) is 10.4. The van der Waals surface area contributed by atoms with Crippen LogP contribution in [0.4, 0.5) is 5.82 Å². The Morgan fingerprint density at radius 2 is 2.18 bits per heavy atom. The zero-order chi connectivity index (χ0) is 13.0. The number of aromatic carboxylic acids is 1. The minimum Gasteiger partial charge on any atom is -0.476 e. The first-order valence-electron chi connectivity index (χ1n) is 5.23. The smallest absolute Gasteiger partial charge is 0.356 e. The number of halogens is 1. The third-order valence-corrected chi connectivity index (χ3v) is 2.62. The zero-order valence-electron chi connectivity index (χ0n) is 9.64. The van der Waals surface area contributed by atoms with Gasteiger partial charge in [0.05, 0.1) is 11.1 Å². The van der Waals surface area contributed by atoms with E-state index in [1.807, 2.05) is 13.8 Å². The van der Waals surface area contributed by atoms with Gasteiger partial charge in [0, 0.05) is 6.54 Å². The molecule has 3 N–H and O–H groups in total. The van der Waals surface area contributed by atoms with Crippen LogP contribution < -0.4 is 5.32 Å². The summed E-state index contributed by atoms with van der Waals surface area (Å²) in [4.78, 5) is 14.6. The van der Waals surface area contributed by atoms with Gasteiger partial charge in [-0.25, -0.2) is 9.78 Å². The van der Waals surface area contributed by atoms with Gasteiger partial charge in [-0.3, -0.25) is 0 Å². The lowest BCUT2D eigenvalue weighted by Gasteiger charge is -2.15. The van der Waals surface area contributed by atoms with Gasteiger partial charge in [0.15, 0.2) is 5.69 Å². The third kappa shape index (κ3) is 3.87. The van der Waals surface area contributed by atoms with E-state index in [4.69, 9.17) is 16.7 Å². The minimum absolute atomic E-state index is 0.0902. The maximum absolute atomic E-state index is 10.8. The molecule has 0 amide bonds. The summed E-state index contributed by atoms with van der Waals surface area (Å²) in [5, 5.41) is 21.4. The third-order valence-electron chi connectivity index (χ3n) is 2.31. The molecule has 0 aromatic carbocycles. The largest absolute Gasteiger partial charge is 0.476 e. The summed E-state index contributed by atoms with van der Waals surface area (Å²) in [7, 11) is 0. The van der Waals surface area contributed by atoms with Crippen LogP contribution in [0.2, 0.25) is 5.02 Å². The number of pyridine rings is 1. The summed E-state index contributed by atoms with van der Waals surface area (Å²) in [6.07, 6.45) is -0.513.